The van der Waals surface area contributed by atoms with Gasteiger partial charge in [-0.25, -0.2) is 5.26 Å². The maximum absolute atomic E-state index is 12.6. The van der Waals surface area contributed by atoms with Crippen LogP contribution in [0.3, 0.4) is 0 Å². The third-order valence-electron chi connectivity index (χ3n) is 4.98. The van der Waals surface area contributed by atoms with Crippen molar-refractivity contribution < 1.29 is 9.53 Å². The molecule has 1 fully saturated rings. The molecule has 1 atom stereocenters. The molecule has 0 aliphatic carbocycles. The zero-order valence-electron chi connectivity index (χ0n) is 16.0. The SMILES string of the molecule is C#N.C[C@H]1COCCN1CCN1C(=O)CSc2ccc(-c3ccccn3)cc21. The number of hydrogen-bond acceptors (Lipinski definition) is 6. The van der Waals surface area contributed by atoms with Gasteiger partial charge in [0.15, 0.2) is 0 Å². The zero-order valence-corrected chi connectivity index (χ0v) is 16.8. The van der Waals surface area contributed by atoms with Gasteiger partial charge in [0, 0.05) is 48.9 Å². The van der Waals surface area contributed by atoms with Gasteiger partial charge in [0.2, 0.25) is 5.91 Å². The first-order valence-corrected chi connectivity index (χ1v) is 10.3. The Balaban J connectivity index is 0.00000109. The molecule has 2 aromatic rings. The number of pyridine rings is 1. The minimum atomic E-state index is 0.182. The summed E-state index contributed by atoms with van der Waals surface area (Å²) < 4.78 is 5.51. The fraction of sp³-hybridized carbons (Fsp3) is 0.381. The van der Waals surface area contributed by atoms with Crippen LogP contribution in [0.5, 0.6) is 0 Å². The Morgan fingerprint density at radius 2 is 2.14 bits per heavy atom. The predicted molar refractivity (Wildman–Crippen MR) is 111 cm³/mol. The van der Waals surface area contributed by atoms with Crippen molar-refractivity contribution in [3.8, 4) is 17.8 Å². The number of ether oxygens (including phenoxy) is 1. The second kappa shape index (κ2) is 9.69. The predicted octanol–water partition coefficient (Wildman–Crippen LogP) is 3.05. The summed E-state index contributed by atoms with van der Waals surface area (Å²) in [4.78, 5) is 22.6. The van der Waals surface area contributed by atoms with Crippen molar-refractivity contribution in [1.29, 1.82) is 5.26 Å². The highest BCUT2D eigenvalue weighted by atomic mass is 32.2. The van der Waals surface area contributed by atoms with Gasteiger partial charge in [0.05, 0.1) is 30.3 Å². The van der Waals surface area contributed by atoms with Crippen LogP contribution in [-0.4, -0.2) is 60.4 Å². The van der Waals surface area contributed by atoms with Crippen molar-refractivity contribution in [1.82, 2.24) is 9.88 Å². The molecule has 2 aliphatic heterocycles. The summed E-state index contributed by atoms with van der Waals surface area (Å²) in [5, 5.41) is 6.50. The van der Waals surface area contributed by atoms with E-state index in [9.17, 15) is 4.79 Å². The van der Waals surface area contributed by atoms with Gasteiger partial charge in [-0.05, 0) is 31.2 Å². The van der Waals surface area contributed by atoms with Crippen LogP contribution in [-0.2, 0) is 9.53 Å². The van der Waals surface area contributed by atoms with Gasteiger partial charge in [0.1, 0.15) is 0 Å². The summed E-state index contributed by atoms with van der Waals surface area (Å²) in [6.07, 6.45) is 1.80. The molecule has 1 saturated heterocycles. The number of fused-ring (bicyclic) bond motifs is 1. The number of carbonyl (C=O) groups excluding carboxylic acids is 1. The van der Waals surface area contributed by atoms with Crippen molar-refractivity contribution in [2.24, 2.45) is 0 Å². The molecule has 0 bridgehead atoms. The molecular weight excluding hydrogens is 372 g/mol. The van der Waals surface area contributed by atoms with E-state index in [0.717, 1.165) is 43.2 Å². The molecule has 0 unspecified atom stereocenters. The molecule has 2 aliphatic rings. The number of hydrogen-bond donors (Lipinski definition) is 0. The molecule has 0 spiro atoms. The molecule has 6 nitrogen and oxygen atoms in total. The molecule has 7 heteroatoms. The highest BCUT2D eigenvalue weighted by Gasteiger charge is 2.27. The topological polar surface area (TPSA) is 69.5 Å². The van der Waals surface area contributed by atoms with Gasteiger partial charge in [-0.15, -0.1) is 11.8 Å². The lowest BCUT2D eigenvalue weighted by Gasteiger charge is -2.36. The van der Waals surface area contributed by atoms with Gasteiger partial charge in [-0.3, -0.25) is 14.7 Å². The number of morpholine rings is 1. The second-order valence-corrected chi connectivity index (χ2v) is 7.71. The molecule has 1 amide bonds. The van der Waals surface area contributed by atoms with E-state index < -0.39 is 0 Å². The number of nitrogens with zero attached hydrogens (tertiary/aromatic N) is 4. The molecule has 4 rings (SSSR count). The van der Waals surface area contributed by atoms with Crippen LogP contribution in [0.15, 0.2) is 47.5 Å². The first kappa shape index (κ1) is 20.3. The fourth-order valence-corrected chi connectivity index (χ4v) is 4.38. The third-order valence-corrected chi connectivity index (χ3v) is 6.03. The van der Waals surface area contributed by atoms with E-state index in [1.807, 2.05) is 23.1 Å². The fourth-order valence-electron chi connectivity index (χ4n) is 3.46. The largest absolute Gasteiger partial charge is 0.379 e. The summed E-state index contributed by atoms with van der Waals surface area (Å²) >= 11 is 1.62. The molecule has 0 radical (unpaired) electrons. The maximum atomic E-state index is 12.6. The number of rotatable bonds is 4. The van der Waals surface area contributed by atoms with Gasteiger partial charge in [-0.1, -0.05) is 12.1 Å². The van der Waals surface area contributed by atoms with Gasteiger partial charge in [-0.2, -0.15) is 0 Å². The summed E-state index contributed by atoms with van der Waals surface area (Å²) in [5.74, 6) is 0.691. The Bertz CT molecular complexity index is 828. The van der Waals surface area contributed by atoms with Crippen molar-refractivity contribution in [2.75, 3.05) is 43.5 Å². The van der Waals surface area contributed by atoms with E-state index in [4.69, 9.17) is 10.00 Å². The van der Waals surface area contributed by atoms with Crippen LogP contribution in [0.25, 0.3) is 11.3 Å². The quantitative estimate of drug-likeness (QED) is 0.791. The Labute approximate surface area is 170 Å². The first-order valence-electron chi connectivity index (χ1n) is 9.28. The van der Waals surface area contributed by atoms with Gasteiger partial charge >= 0.3 is 0 Å². The number of carbonyl (C=O) groups is 1. The third kappa shape index (κ3) is 4.53. The number of anilines is 1. The lowest BCUT2D eigenvalue weighted by Crippen LogP contribution is -2.48. The number of aromatic nitrogens is 1. The van der Waals surface area contributed by atoms with Crippen LogP contribution in [0.4, 0.5) is 5.69 Å². The molecule has 3 heterocycles. The minimum absolute atomic E-state index is 0.182. The lowest BCUT2D eigenvalue weighted by molar-refractivity contribution is -0.116. The molecule has 1 aromatic heterocycles. The van der Waals surface area contributed by atoms with Crippen molar-refractivity contribution in [3.63, 3.8) is 0 Å². The van der Waals surface area contributed by atoms with Crippen LogP contribution in [0, 0.1) is 11.8 Å². The van der Waals surface area contributed by atoms with Crippen LogP contribution < -0.4 is 4.90 Å². The normalized spacial score (nSPS) is 19.5. The Kier molecular flexibility index (Phi) is 7.04. The summed E-state index contributed by atoms with van der Waals surface area (Å²) in [6.45, 7) is 9.73. The van der Waals surface area contributed by atoms with Crippen molar-refractivity contribution >= 4 is 23.4 Å². The number of thioether (sulfide) groups is 1. The standard InChI is InChI=1S/C20H23N3O2S.CHN/c1-15-13-25-11-10-22(15)8-9-23-18-12-16(17-4-2-3-7-21-17)5-6-19(18)26-14-20(23)24;1-2/h2-7,12,15H,8-11,13-14H2,1H3;1H/t15-;/m0./s1. The number of amides is 1. The van der Waals surface area contributed by atoms with Crippen LogP contribution in [0.2, 0.25) is 0 Å². The van der Waals surface area contributed by atoms with Gasteiger partial charge in [0.25, 0.3) is 0 Å². The summed E-state index contributed by atoms with van der Waals surface area (Å²) in [7, 11) is 0. The first-order chi connectivity index (χ1) is 13.7. The number of nitriles is 1. The van der Waals surface area contributed by atoms with Crippen LogP contribution in [0.1, 0.15) is 6.92 Å². The van der Waals surface area contributed by atoms with Gasteiger partial charge < -0.3 is 9.64 Å². The van der Waals surface area contributed by atoms with E-state index in [2.05, 4.69) is 41.6 Å². The summed E-state index contributed by atoms with van der Waals surface area (Å²) in [5.41, 5.74) is 2.99. The Hall–Kier alpha value is -2.40. The molecule has 1 aromatic carbocycles. The monoisotopic (exact) mass is 396 g/mol. The molecular formula is C21H24N4O2S. The summed E-state index contributed by atoms with van der Waals surface area (Å²) in [6, 6.07) is 12.6. The molecule has 0 saturated carbocycles. The molecule has 28 heavy (non-hydrogen) atoms. The zero-order chi connectivity index (χ0) is 19.9. The van der Waals surface area contributed by atoms with Crippen LogP contribution >= 0.6 is 11.8 Å². The Morgan fingerprint density at radius 3 is 2.89 bits per heavy atom. The van der Waals surface area contributed by atoms with E-state index in [-0.39, 0.29) is 5.91 Å². The van der Waals surface area contributed by atoms with Crippen molar-refractivity contribution in [2.45, 2.75) is 17.9 Å². The van der Waals surface area contributed by atoms with E-state index in [0.29, 0.717) is 18.3 Å². The smallest absolute Gasteiger partial charge is 0.237 e. The average Bonchev–Trinajstić information content (AvgIpc) is 2.76. The van der Waals surface area contributed by atoms with E-state index in [1.54, 1.807) is 18.0 Å². The number of benzene rings is 1. The molecule has 0 N–H and O–H groups in total. The van der Waals surface area contributed by atoms with E-state index >= 15 is 0 Å². The van der Waals surface area contributed by atoms with Crippen molar-refractivity contribution in [3.05, 3.63) is 42.6 Å². The maximum Gasteiger partial charge on any atom is 0.237 e. The Morgan fingerprint density at radius 1 is 1.29 bits per heavy atom. The molecule has 146 valence electrons. The lowest BCUT2D eigenvalue weighted by atomic mass is 10.1. The highest BCUT2D eigenvalue weighted by molar-refractivity contribution is 8.00. The second-order valence-electron chi connectivity index (χ2n) is 6.69. The minimum Gasteiger partial charge on any atom is -0.379 e. The van der Waals surface area contributed by atoms with E-state index in [1.165, 1.54) is 4.90 Å². The average molecular weight is 397 g/mol. The highest BCUT2D eigenvalue weighted by Crippen LogP contribution is 2.37.